The lowest BCUT2D eigenvalue weighted by molar-refractivity contribution is 0.262. The van der Waals surface area contributed by atoms with Crippen LogP contribution < -0.4 is 15.4 Å². The summed E-state index contributed by atoms with van der Waals surface area (Å²) >= 11 is 1.35. The smallest absolute Gasteiger partial charge is 0.324 e. The maximum absolute atomic E-state index is 11.7. The highest BCUT2D eigenvalue weighted by Crippen LogP contribution is 2.20. The number of nitrogens with zero attached hydrogens (tertiary/aromatic N) is 1. The van der Waals surface area contributed by atoms with E-state index >= 15 is 0 Å². The van der Waals surface area contributed by atoms with Gasteiger partial charge in [0, 0.05) is 6.07 Å². The molecular weight excluding hydrogens is 266 g/mol. The van der Waals surface area contributed by atoms with E-state index in [0.29, 0.717) is 16.6 Å². The average Bonchev–Trinajstić information content (AvgIpc) is 2.87. The topological polar surface area (TPSA) is 83.5 Å². The maximum Gasteiger partial charge on any atom is 0.324 e. The third-order valence-corrected chi connectivity index (χ3v) is 3.17. The van der Waals surface area contributed by atoms with Gasteiger partial charge >= 0.3 is 6.03 Å². The van der Waals surface area contributed by atoms with E-state index in [1.54, 1.807) is 23.6 Å². The molecule has 2 aromatic rings. The molecule has 0 fully saturated rings. The van der Waals surface area contributed by atoms with Gasteiger partial charge in [0.25, 0.3) is 0 Å². The highest BCUT2D eigenvalue weighted by molar-refractivity contribution is 7.14. The highest BCUT2D eigenvalue weighted by atomic mass is 32.1. The number of aliphatic hydroxyl groups is 1. The lowest BCUT2D eigenvalue weighted by atomic mass is 10.4. The Morgan fingerprint density at radius 3 is 2.89 bits per heavy atom. The molecule has 2 rings (SSSR count). The van der Waals surface area contributed by atoms with Gasteiger partial charge in [-0.25, -0.2) is 9.78 Å². The molecule has 3 N–H and O–H groups in total. The summed E-state index contributed by atoms with van der Waals surface area (Å²) in [6.45, 7) is -0.0395. The molecule has 0 saturated carbocycles. The summed E-state index contributed by atoms with van der Waals surface area (Å²) < 4.78 is 4.92. The molecule has 7 heteroatoms. The number of hydrogen-bond acceptors (Lipinski definition) is 5. The number of aliphatic hydroxyl groups excluding tert-OH is 1. The lowest BCUT2D eigenvalue weighted by Gasteiger charge is -2.06. The molecule has 0 saturated heterocycles. The monoisotopic (exact) mass is 279 g/mol. The van der Waals surface area contributed by atoms with Crippen molar-refractivity contribution in [2.24, 2.45) is 0 Å². The van der Waals surface area contributed by atoms with Gasteiger partial charge in [0.15, 0.2) is 0 Å². The normalized spacial score (nSPS) is 10.0. The Hall–Kier alpha value is -2.12. The molecule has 0 unspecified atom stereocenters. The lowest BCUT2D eigenvalue weighted by Crippen LogP contribution is -2.18. The van der Waals surface area contributed by atoms with Crippen molar-refractivity contribution < 1.29 is 14.6 Å². The van der Waals surface area contributed by atoms with Gasteiger partial charge in [-0.15, -0.1) is 11.3 Å². The van der Waals surface area contributed by atoms with Crippen LogP contribution in [0.5, 0.6) is 5.88 Å². The molecule has 6 nitrogen and oxygen atoms in total. The van der Waals surface area contributed by atoms with Gasteiger partial charge in [0.05, 0.1) is 30.6 Å². The van der Waals surface area contributed by atoms with E-state index in [4.69, 9.17) is 9.84 Å². The van der Waals surface area contributed by atoms with Gasteiger partial charge in [-0.3, -0.25) is 5.32 Å². The van der Waals surface area contributed by atoms with Crippen molar-refractivity contribution in [3.63, 3.8) is 0 Å². The molecule has 100 valence electrons. The minimum Gasteiger partial charge on any atom is -0.481 e. The Bertz CT molecular complexity index is 554. The summed E-state index contributed by atoms with van der Waals surface area (Å²) in [6, 6.07) is 4.71. The standard InChI is InChI=1S/C12H13N3O3S/c1-18-10-3-2-9(5-13-10)14-12(17)15-11-4-8(6-16)7-19-11/h2-5,7,16H,6H2,1H3,(H2,14,15,17). The molecule has 0 aliphatic rings. The first-order chi connectivity index (χ1) is 9.21. The summed E-state index contributed by atoms with van der Waals surface area (Å²) in [5.74, 6) is 0.483. The summed E-state index contributed by atoms with van der Waals surface area (Å²) in [4.78, 5) is 15.7. The van der Waals surface area contributed by atoms with Crippen LogP contribution in [0.3, 0.4) is 0 Å². The van der Waals surface area contributed by atoms with Gasteiger partial charge in [0.2, 0.25) is 5.88 Å². The predicted octanol–water partition coefficient (Wildman–Crippen LogP) is 2.29. The molecule has 2 heterocycles. The number of amides is 2. The number of carbonyl (C=O) groups excluding carboxylic acids is 1. The largest absolute Gasteiger partial charge is 0.481 e. The van der Waals surface area contributed by atoms with E-state index in [1.165, 1.54) is 24.6 Å². The fraction of sp³-hybridized carbons (Fsp3) is 0.167. The number of pyridine rings is 1. The summed E-state index contributed by atoms with van der Waals surface area (Å²) in [5, 5.41) is 16.7. The Balaban J connectivity index is 1.93. The number of ether oxygens (including phenoxy) is 1. The van der Waals surface area contributed by atoms with Crippen LogP contribution in [0.15, 0.2) is 29.8 Å². The number of thiophene rings is 1. The second-order valence-corrected chi connectivity index (χ2v) is 4.56. The molecule has 0 spiro atoms. The van der Waals surface area contributed by atoms with Crippen LogP contribution in [-0.4, -0.2) is 23.2 Å². The fourth-order valence-corrected chi connectivity index (χ4v) is 2.17. The minimum absolute atomic E-state index is 0.0395. The quantitative estimate of drug-likeness (QED) is 0.801. The summed E-state index contributed by atoms with van der Waals surface area (Å²) in [5.41, 5.74) is 1.34. The van der Waals surface area contributed by atoms with Crippen LogP contribution in [0.2, 0.25) is 0 Å². The van der Waals surface area contributed by atoms with Gasteiger partial charge in [0.1, 0.15) is 0 Å². The first-order valence-corrected chi connectivity index (χ1v) is 6.35. The molecule has 2 amide bonds. The zero-order chi connectivity index (χ0) is 13.7. The van der Waals surface area contributed by atoms with E-state index < -0.39 is 0 Å². The molecule has 0 aromatic carbocycles. The highest BCUT2D eigenvalue weighted by Gasteiger charge is 2.05. The molecule has 19 heavy (non-hydrogen) atoms. The number of nitrogens with one attached hydrogen (secondary N) is 2. The van der Waals surface area contributed by atoms with Gasteiger partial charge < -0.3 is 15.2 Å². The molecule has 0 aliphatic heterocycles. The minimum atomic E-state index is -0.363. The van der Waals surface area contributed by atoms with E-state index in [9.17, 15) is 4.79 Å². The molecule has 0 radical (unpaired) electrons. The van der Waals surface area contributed by atoms with Crippen molar-refractivity contribution in [1.82, 2.24) is 4.98 Å². The summed E-state index contributed by atoms with van der Waals surface area (Å²) in [7, 11) is 1.53. The van der Waals surface area contributed by atoms with E-state index in [2.05, 4.69) is 15.6 Å². The number of methoxy groups -OCH3 is 1. The number of carbonyl (C=O) groups is 1. The van der Waals surface area contributed by atoms with Gasteiger partial charge in [-0.2, -0.15) is 0 Å². The van der Waals surface area contributed by atoms with E-state index in [0.717, 1.165) is 5.56 Å². The first-order valence-electron chi connectivity index (χ1n) is 5.47. The Morgan fingerprint density at radius 1 is 1.47 bits per heavy atom. The van der Waals surface area contributed by atoms with Gasteiger partial charge in [-0.05, 0) is 23.1 Å². The van der Waals surface area contributed by atoms with Gasteiger partial charge in [-0.1, -0.05) is 0 Å². The SMILES string of the molecule is COc1ccc(NC(=O)Nc2cc(CO)cs2)cn1. The number of aromatic nitrogens is 1. The molecule has 2 aromatic heterocycles. The second-order valence-electron chi connectivity index (χ2n) is 3.65. The average molecular weight is 279 g/mol. The fourth-order valence-electron chi connectivity index (χ4n) is 1.37. The van der Waals surface area contributed by atoms with Crippen molar-refractivity contribution in [2.75, 3.05) is 17.7 Å². The van der Waals surface area contributed by atoms with Crippen LogP contribution in [-0.2, 0) is 6.61 Å². The molecule has 0 bridgehead atoms. The third-order valence-electron chi connectivity index (χ3n) is 2.28. The zero-order valence-electron chi connectivity index (χ0n) is 10.2. The molecule has 0 aliphatic carbocycles. The van der Waals surface area contributed by atoms with Crippen LogP contribution in [0.4, 0.5) is 15.5 Å². The van der Waals surface area contributed by atoms with Crippen molar-refractivity contribution in [3.05, 3.63) is 35.3 Å². The Morgan fingerprint density at radius 2 is 2.32 bits per heavy atom. The van der Waals surface area contributed by atoms with Crippen LogP contribution >= 0.6 is 11.3 Å². The van der Waals surface area contributed by atoms with Crippen molar-refractivity contribution >= 4 is 28.1 Å². The zero-order valence-corrected chi connectivity index (χ0v) is 11.0. The molecule has 0 atom stereocenters. The second kappa shape index (κ2) is 6.17. The van der Waals surface area contributed by atoms with Crippen molar-refractivity contribution in [1.29, 1.82) is 0 Å². The van der Waals surface area contributed by atoms with E-state index in [-0.39, 0.29) is 12.6 Å². The first kappa shape index (κ1) is 13.3. The third kappa shape index (κ3) is 3.67. The van der Waals surface area contributed by atoms with Crippen LogP contribution in [0.1, 0.15) is 5.56 Å². The molecular formula is C12H13N3O3S. The van der Waals surface area contributed by atoms with Crippen LogP contribution in [0, 0.1) is 0 Å². The Kier molecular flexibility index (Phi) is 4.32. The van der Waals surface area contributed by atoms with Crippen molar-refractivity contribution in [2.45, 2.75) is 6.61 Å². The maximum atomic E-state index is 11.7. The summed E-state index contributed by atoms with van der Waals surface area (Å²) in [6.07, 6.45) is 1.51. The number of urea groups is 1. The van der Waals surface area contributed by atoms with Crippen LogP contribution in [0.25, 0.3) is 0 Å². The predicted molar refractivity (Wildman–Crippen MR) is 73.7 cm³/mol. The van der Waals surface area contributed by atoms with Crippen molar-refractivity contribution in [3.8, 4) is 5.88 Å². The van der Waals surface area contributed by atoms with E-state index in [1.807, 2.05) is 0 Å². The number of rotatable bonds is 4. The number of hydrogen-bond donors (Lipinski definition) is 3. The Labute approximate surface area is 114 Å². The number of anilines is 2.